The molecule has 3 aromatic rings. The first-order chi connectivity index (χ1) is 11.1. The number of benzene rings is 1. The Labute approximate surface area is 144 Å². The van der Waals surface area contributed by atoms with E-state index in [4.69, 9.17) is 0 Å². The number of pyridine rings is 1. The van der Waals surface area contributed by atoms with Gasteiger partial charge in [-0.15, -0.1) is 11.3 Å². The molecule has 7 heteroatoms. The highest BCUT2D eigenvalue weighted by Crippen LogP contribution is 2.12. The lowest BCUT2D eigenvalue weighted by Crippen LogP contribution is -2.28. The standard InChI is InChI=1S/C16H12BrN3O2S/c17-12-5-3-11(4-6-12)10-20-8-1-2-13(15(20)22)14(21)19-16-18-7-9-23-16/h1-9H,10H2,(H,18,19,21). The number of nitrogens with zero attached hydrogens (tertiary/aromatic N) is 2. The van der Waals surface area contributed by atoms with Crippen LogP contribution >= 0.6 is 27.3 Å². The summed E-state index contributed by atoms with van der Waals surface area (Å²) in [6.45, 7) is 0.407. The molecule has 0 unspecified atom stereocenters. The molecule has 2 heterocycles. The van der Waals surface area contributed by atoms with Crippen molar-refractivity contribution in [3.05, 3.63) is 80.1 Å². The smallest absolute Gasteiger partial charge is 0.263 e. The zero-order chi connectivity index (χ0) is 16.2. The number of halogens is 1. The third kappa shape index (κ3) is 3.75. The van der Waals surface area contributed by atoms with Crippen molar-refractivity contribution in [2.75, 3.05) is 5.32 Å². The van der Waals surface area contributed by atoms with Gasteiger partial charge in [0.2, 0.25) is 0 Å². The Kier molecular flexibility index (Phi) is 4.68. The van der Waals surface area contributed by atoms with Crippen molar-refractivity contribution in [2.24, 2.45) is 0 Å². The van der Waals surface area contributed by atoms with Gasteiger partial charge in [0.05, 0.1) is 6.54 Å². The lowest BCUT2D eigenvalue weighted by molar-refractivity contribution is 0.102. The number of carbonyl (C=O) groups excluding carboxylic acids is 1. The van der Waals surface area contributed by atoms with Crippen molar-refractivity contribution in [3.8, 4) is 0 Å². The summed E-state index contributed by atoms with van der Waals surface area (Å²) in [5.41, 5.74) is 0.747. The van der Waals surface area contributed by atoms with Crippen LogP contribution in [0.2, 0.25) is 0 Å². The molecule has 0 aliphatic carbocycles. The first kappa shape index (κ1) is 15.6. The van der Waals surface area contributed by atoms with E-state index in [1.165, 1.54) is 22.0 Å². The molecule has 0 saturated carbocycles. The quantitative estimate of drug-likeness (QED) is 0.743. The van der Waals surface area contributed by atoms with E-state index in [0.29, 0.717) is 11.7 Å². The van der Waals surface area contributed by atoms with E-state index >= 15 is 0 Å². The number of nitrogens with one attached hydrogen (secondary N) is 1. The molecule has 0 bridgehead atoms. The minimum absolute atomic E-state index is 0.0970. The fourth-order valence-corrected chi connectivity index (χ4v) is 2.86. The van der Waals surface area contributed by atoms with Gasteiger partial charge in [0.15, 0.2) is 5.13 Å². The van der Waals surface area contributed by atoms with Crippen LogP contribution in [0.3, 0.4) is 0 Å². The first-order valence-electron chi connectivity index (χ1n) is 6.78. The SMILES string of the molecule is O=C(Nc1nccs1)c1cccn(Cc2ccc(Br)cc2)c1=O. The molecular weight excluding hydrogens is 378 g/mol. The maximum Gasteiger partial charge on any atom is 0.263 e. The number of rotatable bonds is 4. The molecule has 1 N–H and O–H groups in total. The second-order valence-electron chi connectivity index (χ2n) is 4.77. The highest BCUT2D eigenvalue weighted by atomic mass is 79.9. The molecule has 23 heavy (non-hydrogen) atoms. The van der Waals surface area contributed by atoms with Crippen LogP contribution in [0.15, 0.2) is 63.4 Å². The van der Waals surface area contributed by atoms with Crippen LogP contribution in [-0.4, -0.2) is 15.5 Å². The Morgan fingerprint density at radius 2 is 2.04 bits per heavy atom. The van der Waals surface area contributed by atoms with E-state index in [2.05, 4.69) is 26.2 Å². The normalized spacial score (nSPS) is 10.5. The van der Waals surface area contributed by atoms with E-state index in [1.54, 1.807) is 23.8 Å². The number of anilines is 1. The highest BCUT2D eigenvalue weighted by Gasteiger charge is 2.13. The number of aromatic nitrogens is 2. The van der Waals surface area contributed by atoms with Gasteiger partial charge in [0, 0.05) is 22.2 Å². The minimum Gasteiger partial charge on any atom is -0.310 e. The summed E-state index contributed by atoms with van der Waals surface area (Å²) in [7, 11) is 0. The Balaban J connectivity index is 1.84. The molecule has 0 aliphatic heterocycles. The van der Waals surface area contributed by atoms with Gasteiger partial charge in [-0.1, -0.05) is 28.1 Å². The molecule has 0 aliphatic rings. The van der Waals surface area contributed by atoms with Crippen LogP contribution in [0.1, 0.15) is 15.9 Å². The van der Waals surface area contributed by atoms with Gasteiger partial charge >= 0.3 is 0 Å². The Morgan fingerprint density at radius 3 is 2.74 bits per heavy atom. The summed E-state index contributed by atoms with van der Waals surface area (Å²) in [5, 5.41) is 4.85. The molecule has 116 valence electrons. The maximum atomic E-state index is 12.5. The lowest BCUT2D eigenvalue weighted by Gasteiger charge is -2.08. The van der Waals surface area contributed by atoms with E-state index in [0.717, 1.165) is 10.0 Å². The molecule has 1 amide bonds. The summed E-state index contributed by atoms with van der Waals surface area (Å²) >= 11 is 4.68. The summed E-state index contributed by atoms with van der Waals surface area (Å²) in [4.78, 5) is 28.7. The summed E-state index contributed by atoms with van der Waals surface area (Å²) in [6, 6.07) is 10.9. The number of carbonyl (C=O) groups is 1. The summed E-state index contributed by atoms with van der Waals surface area (Å²) < 4.78 is 2.49. The molecule has 0 saturated heterocycles. The Morgan fingerprint density at radius 1 is 1.26 bits per heavy atom. The largest absolute Gasteiger partial charge is 0.310 e. The van der Waals surface area contributed by atoms with Crippen LogP contribution in [0.25, 0.3) is 0 Å². The van der Waals surface area contributed by atoms with Crippen LogP contribution < -0.4 is 10.9 Å². The van der Waals surface area contributed by atoms with Crippen molar-refractivity contribution < 1.29 is 4.79 Å². The molecule has 0 radical (unpaired) electrons. The van der Waals surface area contributed by atoms with Crippen molar-refractivity contribution >= 4 is 38.3 Å². The molecule has 5 nitrogen and oxygen atoms in total. The Bertz CT molecular complexity index is 873. The third-order valence-electron chi connectivity index (χ3n) is 3.18. The van der Waals surface area contributed by atoms with E-state index in [1.807, 2.05) is 24.3 Å². The molecule has 2 aromatic heterocycles. The fourth-order valence-electron chi connectivity index (χ4n) is 2.07. The number of hydrogen-bond donors (Lipinski definition) is 1. The van der Waals surface area contributed by atoms with Crippen LogP contribution in [0, 0.1) is 0 Å². The van der Waals surface area contributed by atoms with Crippen molar-refractivity contribution in [1.82, 2.24) is 9.55 Å². The highest BCUT2D eigenvalue weighted by molar-refractivity contribution is 9.10. The second-order valence-corrected chi connectivity index (χ2v) is 6.58. The monoisotopic (exact) mass is 389 g/mol. The van der Waals surface area contributed by atoms with E-state index in [-0.39, 0.29) is 11.1 Å². The van der Waals surface area contributed by atoms with Crippen LogP contribution in [0.5, 0.6) is 0 Å². The lowest BCUT2D eigenvalue weighted by atomic mass is 10.2. The van der Waals surface area contributed by atoms with Crippen molar-refractivity contribution in [3.63, 3.8) is 0 Å². The number of hydrogen-bond acceptors (Lipinski definition) is 4. The first-order valence-corrected chi connectivity index (χ1v) is 8.45. The predicted octanol–water partition coefficient (Wildman–Crippen LogP) is 3.37. The second kappa shape index (κ2) is 6.89. The number of thiazole rings is 1. The topological polar surface area (TPSA) is 64.0 Å². The number of amides is 1. The van der Waals surface area contributed by atoms with Gasteiger partial charge in [-0.05, 0) is 29.8 Å². The molecule has 1 aromatic carbocycles. The van der Waals surface area contributed by atoms with Crippen LogP contribution in [-0.2, 0) is 6.54 Å². The maximum absolute atomic E-state index is 12.5. The van der Waals surface area contributed by atoms with Crippen molar-refractivity contribution in [2.45, 2.75) is 6.54 Å². The predicted molar refractivity (Wildman–Crippen MR) is 94.0 cm³/mol. The average molecular weight is 390 g/mol. The van der Waals surface area contributed by atoms with Gasteiger partial charge < -0.3 is 4.57 Å². The Hall–Kier alpha value is -2.25. The molecule has 0 fully saturated rings. The molecule has 0 spiro atoms. The van der Waals surface area contributed by atoms with Gasteiger partial charge in [-0.2, -0.15) is 0 Å². The van der Waals surface area contributed by atoms with Crippen LogP contribution in [0.4, 0.5) is 5.13 Å². The summed E-state index contributed by atoms with van der Waals surface area (Å²) in [6.07, 6.45) is 3.27. The molecular formula is C16H12BrN3O2S. The average Bonchev–Trinajstić information content (AvgIpc) is 3.04. The van der Waals surface area contributed by atoms with Gasteiger partial charge in [0.1, 0.15) is 5.56 Å². The third-order valence-corrected chi connectivity index (χ3v) is 4.40. The van der Waals surface area contributed by atoms with E-state index in [9.17, 15) is 9.59 Å². The van der Waals surface area contributed by atoms with Gasteiger partial charge in [-0.25, -0.2) is 4.98 Å². The molecule has 0 atom stereocenters. The summed E-state index contributed by atoms with van der Waals surface area (Å²) in [5.74, 6) is -0.449. The zero-order valence-electron chi connectivity index (χ0n) is 11.9. The van der Waals surface area contributed by atoms with Gasteiger partial charge in [-0.3, -0.25) is 14.9 Å². The van der Waals surface area contributed by atoms with Gasteiger partial charge in [0.25, 0.3) is 11.5 Å². The zero-order valence-corrected chi connectivity index (χ0v) is 14.3. The molecule has 3 rings (SSSR count). The fraction of sp³-hybridized carbons (Fsp3) is 0.0625. The minimum atomic E-state index is -0.449. The van der Waals surface area contributed by atoms with Crippen molar-refractivity contribution in [1.29, 1.82) is 0 Å². The van der Waals surface area contributed by atoms with E-state index < -0.39 is 5.91 Å².